The predicted octanol–water partition coefficient (Wildman–Crippen LogP) is 4.78. The van der Waals surface area contributed by atoms with Crippen LogP contribution in [0.4, 0.5) is 21.0 Å². The summed E-state index contributed by atoms with van der Waals surface area (Å²) < 4.78 is 0. The fourth-order valence-electron chi connectivity index (χ4n) is 7.34. The average Bonchev–Trinajstić information content (AvgIpc) is 3.61. The molecular weight excluding hydrogens is 590 g/mol. The maximum absolute atomic E-state index is 14.0. The zero-order valence-corrected chi connectivity index (χ0v) is 26.6. The van der Waals surface area contributed by atoms with Crippen molar-refractivity contribution in [2.75, 3.05) is 50.3 Å². The van der Waals surface area contributed by atoms with Gasteiger partial charge in [-0.25, -0.2) is 9.59 Å². The summed E-state index contributed by atoms with van der Waals surface area (Å²) in [7, 11) is 0. The molecule has 4 aliphatic heterocycles. The lowest BCUT2D eigenvalue weighted by atomic mass is 9.98. The molecule has 0 spiro atoms. The van der Waals surface area contributed by atoms with E-state index in [4.69, 9.17) is 17.3 Å². The molecule has 1 atom stereocenters. The Morgan fingerprint density at radius 2 is 1.67 bits per heavy atom. The first kappa shape index (κ1) is 31.2. The first-order valence-electron chi connectivity index (χ1n) is 16.2. The minimum absolute atomic E-state index is 0.0333. The molecule has 5 amide bonds. The number of para-hydroxylation sites is 1. The number of hydrogen-bond donors (Lipinski definition) is 3. The normalized spacial score (nSPS) is 20.5. The minimum Gasteiger partial charge on any atom is -0.397 e. The molecule has 0 bridgehead atoms. The van der Waals surface area contributed by atoms with Crippen LogP contribution in [0.5, 0.6) is 0 Å². The first-order chi connectivity index (χ1) is 21.8. The number of hydrogen-bond acceptors (Lipinski definition) is 5. The van der Waals surface area contributed by atoms with Crippen LogP contribution in [0.1, 0.15) is 55.2 Å². The van der Waals surface area contributed by atoms with E-state index >= 15 is 0 Å². The number of piperidine rings is 2. The molecule has 4 heterocycles. The van der Waals surface area contributed by atoms with Gasteiger partial charge in [-0.05, 0) is 86.5 Å². The molecule has 6 rings (SSSR count). The second-order valence-electron chi connectivity index (χ2n) is 12.7. The fourth-order valence-corrected chi connectivity index (χ4v) is 7.59. The van der Waals surface area contributed by atoms with Gasteiger partial charge in [-0.15, -0.1) is 0 Å². The molecule has 2 aromatic carbocycles. The molecule has 0 unspecified atom stereocenters. The van der Waals surface area contributed by atoms with Crippen LogP contribution in [-0.2, 0) is 17.8 Å². The molecular formula is C34H44ClN7O3. The largest absolute Gasteiger partial charge is 0.397 e. The Balaban J connectivity index is 1.11. The van der Waals surface area contributed by atoms with Gasteiger partial charge in [-0.2, -0.15) is 0 Å². The Hall–Kier alpha value is -3.76. The second-order valence-corrected chi connectivity index (χ2v) is 13.1. The van der Waals surface area contributed by atoms with Crippen LogP contribution in [-0.4, -0.2) is 95.0 Å². The fraction of sp³-hybridized carbons (Fsp3) is 0.500. The van der Waals surface area contributed by atoms with E-state index in [0.717, 1.165) is 42.7 Å². The molecule has 11 heteroatoms. The van der Waals surface area contributed by atoms with Crippen molar-refractivity contribution in [2.24, 2.45) is 0 Å². The van der Waals surface area contributed by atoms with Gasteiger partial charge in [-0.1, -0.05) is 42.5 Å². The second kappa shape index (κ2) is 13.7. The summed E-state index contributed by atoms with van der Waals surface area (Å²) in [6.45, 7) is 9.05. The predicted molar refractivity (Wildman–Crippen MR) is 178 cm³/mol. The van der Waals surface area contributed by atoms with Gasteiger partial charge in [0.25, 0.3) is 0 Å². The van der Waals surface area contributed by atoms with E-state index in [9.17, 15) is 14.4 Å². The van der Waals surface area contributed by atoms with Crippen LogP contribution < -0.4 is 16.4 Å². The summed E-state index contributed by atoms with van der Waals surface area (Å²) in [5.41, 5.74) is 10.0. The van der Waals surface area contributed by atoms with E-state index in [1.54, 1.807) is 17.0 Å². The van der Waals surface area contributed by atoms with Crippen LogP contribution in [0, 0.1) is 0 Å². The maximum Gasteiger partial charge on any atom is 0.322 e. The molecule has 0 radical (unpaired) electrons. The zero-order valence-electron chi connectivity index (χ0n) is 25.8. The van der Waals surface area contributed by atoms with E-state index in [2.05, 4.69) is 22.1 Å². The van der Waals surface area contributed by atoms with E-state index in [-0.39, 0.29) is 24.0 Å². The van der Waals surface area contributed by atoms with E-state index in [0.29, 0.717) is 74.3 Å². The van der Waals surface area contributed by atoms with Gasteiger partial charge in [0.1, 0.15) is 6.04 Å². The molecule has 240 valence electrons. The Bertz CT molecular complexity index is 1430. The standard InChI is InChI=1S/C34H44ClN7O3/c1-2-24-19-23(20-28(35)31(24)36)21-30(32(43)40-15-9-26(10-16-40)39-13-5-6-14-39)38-33(44)41-17-11-27(12-18-41)42-22-25-7-3-4-8-29(25)37-34(42)45/h2-4,7-8,19-20,26-27,30H,1,5-6,9-18,21-22,36H2,(H,37,45)(H,38,44)/t30-/m1/s1. The van der Waals surface area contributed by atoms with Gasteiger partial charge in [0, 0.05) is 56.9 Å². The highest BCUT2D eigenvalue weighted by atomic mass is 35.5. The summed E-state index contributed by atoms with van der Waals surface area (Å²) in [6, 6.07) is 10.9. The van der Waals surface area contributed by atoms with Crippen molar-refractivity contribution in [1.82, 2.24) is 24.9 Å². The van der Waals surface area contributed by atoms with Gasteiger partial charge < -0.3 is 36.0 Å². The highest BCUT2D eigenvalue weighted by molar-refractivity contribution is 6.33. The van der Waals surface area contributed by atoms with Crippen LogP contribution >= 0.6 is 11.6 Å². The third-order valence-electron chi connectivity index (χ3n) is 9.96. The molecule has 2 aromatic rings. The number of urea groups is 2. The molecule has 3 saturated heterocycles. The number of nitrogens with two attached hydrogens (primary N) is 1. The van der Waals surface area contributed by atoms with Crippen molar-refractivity contribution in [3.63, 3.8) is 0 Å². The first-order valence-corrected chi connectivity index (χ1v) is 16.6. The van der Waals surface area contributed by atoms with Crippen LogP contribution in [0.15, 0.2) is 43.0 Å². The Morgan fingerprint density at radius 3 is 2.38 bits per heavy atom. The topological polar surface area (TPSA) is 114 Å². The van der Waals surface area contributed by atoms with Crippen molar-refractivity contribution in [2.45, 2.75) is 69.6 Å². The van der Waals surface area contributed by atoms with Crippen molar-refractivity contribution in [3.8, 4) is 0 Å². The minimum atomic E-state index is -0.750. The number of carbonyl (C=O) groups excluding carboxylic acids is 3. The number of likely N-dealkylation sites (tertiary alicyclic amines) is 3. The summed E-state index contributed by atoms with van der Waals surface area (Å²) in [6.07, 6.45) is 7.67. The summed E-state index contributed by atoms with van der Waals surface area (Å²) in [5, 5.41) is 6.47. The van der Waals surface area contributed by atoms with E-state index < -0.39 is 6.04 Å². The van der Waals surface area contributed by atoms with Crippen LogP contribution in [0.2, 0.25) is 5.02 Å². The number of carbonyl (C=O) groups is 3. The van der Waals surface area contributed by atoms with Gasteiger partial charge in [0.15, 0.2) is 0 Å². The van der Waals surface area contributed by atoms with Crippen molar-refractivity contribution in [1.29, 1.82) is 0 Å². The maximum atomic E-state index is 14.0. The molecule has 45 heavy (non-hydrogen) atoms. The van der Waals surface area contributed by atoms with Crippen molar-refractivity contribution in [3.05, 3.63) is 64.7 Å². The highest BCUT2D eigenvalue weighted by Gasteiger charge is 2.36. The average molecular weight is 634 g/mol. The number of halogens is 1. The molecule has 4 N–H and O–H groups in total. The number of benzene rings is 2. The number of nitrogen functional groups attached to an aromatic ring is 1. The zero-order chi connectivity index (χ0) is 31.5. The third kappa shape index (κ3) is 6.92. The molecule has 0 aromatic heterocycles. The Kier molecular flexibility index (Phi) is 9.51. The lowest BCUT2D eigenvalue weighted by molar-refractivity contribution is -0.134. The van der Waals surface area contributed by atoms with Crippen LogP contribution in [0.3, 0.4) is 0 Å². The summed E-state index contributed by atoms with van der Waals surface area (Å²) in [5.74, 6) is -0.0742. The third-order valence-corrected chi connectivity index (χ3v) is 10.3. The number of rotatable bonds is 7. The smallest absolute Gasteiger partial charge is 0.322 e. The highest BCUT2D eigenvalue weighted by Crippen LogP contribution is 2.29. The number of nitrogens with zero attached hydrogens (tertiary/aromatic N) is 4. The SMILES string of the molecule is C=Cc1cc(C[C@@H](NC(=O)N2CCC(N3Cc4ccccc4NC3=O)CC2)C(=O)N2CCC(N3CCCC3)CC2)cc(Cl)c1N. The molecule has 0 aliphatic carbocycles. The molecule has 3 fully saturated rings. The quantitative estimate of drug-likeness (QED) is 0.380. The number of amides is 5. The van der Waals surface area contributed by atoms with Gasteiger partial charge in [0.05, 0.1) is 10.7 Å². The lowest BCUT2D eigenvalue weighted by Gasteiger charge is -2.41. The van der Waals surface area contributed by atoms with Gasteiger partial charge in [-0.3, -0.25) is 4.79 Å². The van der Waals surface area contributed by atoms with Gasteiger partial charge >= 0.3 is 12.1 Å². The molecule has 10 nitrogen and oxygen atoms in total. The number of fused-ring (bicyclic) bond motifs is 1. The van der Waals surface area contributed by atoms with E-state index in [1.807, 2.05) is 40.1 Å². The van der Waals surface area contributed by atoms with Crippen molar-refractivity contribution < 1.29 is 14.4 Å². The van der Waals surface area contributed by atoms with Crippen molar-refractivity contribution >= 4 is 47.0 Å². The number of nitrogens with one attached hydrogen (secondary N) is 2. The van der Waals surface area contributed by atoms with Gasteiger partial charge in [0.2, 0.25) is 5.91 Å². The Labute approximate surface area is 270 Å². The summed E-state index contributed by atoms with van der Waals surface area (Å²) in [4.78, 5) is 48.6. The number of anilines is 2. The lowest BCUT2D eigenvalue weighted by Crippen LogP contribution is -2.57. The summed E-state index contributed by atoms with van der Waals surface area (Å²) >= 11 is 6.43. The molecule has 0 saturated carbocycles. The van der Waals surface area contributed by atoms with Crippen LogP contribution in [0.25, 0.3) is 6.08 Å². The monoisotopic (exact) mass is 633 g/mol. The van der Waals surface area contributed by atoms with E-state index in [1.165, 1.54) is 12.8 Å². The Morgan fingerprint density at radius 1 is 1.00 bits per heavy atom. The molecule has 4 aliphatic rings.